The zero-order chi connectivity index (χ0) is 19.7. The summed E-state index contributed by atoms with van der Waals surface area (Å²) in [4.78, 5) is 21.9. The molecule has 0 fully saturated rings. The summed E-state index contributed by atoms with van der Waals surface area (Å²) in [5, 5.41) is 3.71. The van der Waals surface area contributed by atoms with E-state index < -0.39 is 10.0 Å². The largest absolute Gasteiger partial charge is 0.431 e. The van der Waals surface area contributed by atoms with Crippen LogP contribution >= 0.6 is 23.1 Å². The molecule has 4 rings (SSSR count). The van der Waals surface area contributed by atoms with Gasteiger partial charge in [-0.25, -0.2) is 18.4 Å². The van der Waals surface area contributed by atoms with Crippen LogP contribution in [0.1, 0.15) is 17.5 Å². The molecule has 0 bridgehead atoms. The van der Waals surface area contributed by atoms with Crippen molar-refractivity contribution in [3.63, 3.8) is 0 Å². The van der Waals surface area contributed by atoms with Gasteiger partial charge in [0, 0.05) is 24.4 Å². The lowest BCUT2D eigenvalue weighted by atomic mass is 10.2. The van der Waals surface area contributed by atoms with Crippen LogP contribution < -0.4 is 5.32 Å². The molecule has 3 aromatic rings. The van der Waals surface area contributed by atoms with E-state index in [0.717, 1.165) is 16.1 Å². The van der Waals surface area contributed by atoms with E-state index in [0.29, 0.717) is 35.4 Å². The van der Waals surface area contributed by atoms with E-state index in [-0.39, 0.29) is 17.4 Å². The number of rotatable bonds is 6. The second kappa shape index (κ2) is 7.82. The van der Waals surface area contributed by atoms with Crippen LogP contribution in [0.4, 0.5) is 5.13 Å². The normalized spacial score (nSPS) is 14.9. The highest BCUT2D eigenvalue weighted by Crippen LogP contribution is 2.30. The van der Waals surface area contributed by atoms with Gasteiger partial charge < -0.3 is 9.73 Å². The van der Waals surface area contributed by atoms with E-state index in [1.165, 1.54) is 27.4 Å². The third-order valence-electron chi connectivity index (χ3n) is 4.30. The first-order valence-corrected chi connectivity index (χ1v) is 12.1. The predicted octanol–water partition coefficient (Wildman–Crippen LogP) is 2.72. The third-order valence-corrected chi connectivity index (χ3v) is 7.96. The van der Waals surface area contributed by atoms with E-state index in [1.807, 2.05) is 24.3 Å². The molecule has 148 valence electrons. The summed E-state index contributed by atoms with van der Waals surface area (Å²) in [7, 11) is -3.22. The van der Waals surface area contributed by atoms with E-state index in [4.69, 9.17) is 4.42 Å². The van der Waals surface area contributed by atoms with Crippen LogP contribution in [0.25, 0.3) is 11.1 Å². The number of thiazole rings is 1. The van der Waals surface area contributed by atoms with Crippen molar-refractivity contribution < 1.29 is 17.6 Å². The van der Waals surface area contributed by atoms with Gasteiger partial charge in [-0.05, 0) is 19.1 Å². The maximum atomic E-state index is 12.2. The van der Waals surface area contributed by atoms with Crippen molar-refractivity contribution >= 4 is 55.3 Å². The minimum absolute atomic E-state index is 0.0811. The van der Waals surface area contributed by atoms with Gasteiger partial charge in [-0.2, -0.15) is 4.31 Å². The molecule has 28 heavy (non-hydrogen) atoms. The number of fused-ring (bicyclic) bond motifs is 2. The Hall–Kier alpha value is -1.95. The Bertz CT molecular complexity index is 1090. The SMILES string of the molecule is CCS(=O)(=O)N1CCc2nc(NC(=O)CSc3nc4ccccc4o3)sc2C1. The summed E-state index contributed by atoms with van der Waals surface area (Å²) in [6.45, 7) is 2.38. The molecule has 0 spiro atoms. The lowest BCUT2D eigenvalue weighted by molar-refractivity contribution is -0.113. The van der Waals surface area contributed by atoms with Crippen molar-refractivity contribution in [1.82, 2.24) is 14.3 Å². The minimum Gasteiger partial charge on any atom is -0.431 e. The van der Waals surface area contributed by atoms with Gasteiger partial charge in [-0.3, -0.25) is 4.79 Å². The summed E-state index contributed by atoms with van der Waals surface area (Å²) < 4.78 is 31.2. The van der Waals surface area contributed by atoms with Gasteiger partial charge in [0.1, 0.15) is 5.52 Å². The average Bonchev–Trinajstić information content (AvgIpc) is 3.28. The third kappa shape index (κ3) is 4.07. The van der Waals surface area contributed by atoms with Crippen LogP contribution in [0.15, 0.2) is 33.9 Å². The molecule has 3 heterocycles. The number of hydrogen-bond acceptors (Lipinski definition) is 8. The molecule has 0 radical (unpaired) electrons. The number of carbonyl (C=O) groups is 1. The van der Waals surface area contributed by atoms with Crippen molar-refractivity contribution in [3.05, 3.63) is 34.8 Å². The van der Waals surface area contributed by atoms with Crippen LogP contribution in [0.2, 0.25) is 0 Å². The van der Waals surface area contributed by atoms with Crippen LogP contribution in [-0.4, -0.2) is 46.6 Å². The van der Waals surface area contributed by atoms with Crippen molar-refractivity contribution in [1.29, 1.82) is 0 Å². The molecular weight excluding hydrogens is 420 g/mol. The van der Waals surface area contributed by atoms with Crippen LogP contribution in [0, 0.1) is 0 Å². The molecule has 1 aromatic carbocycles. The van der Waals surface area contributed by atoms with E-state index >= 15 is 0 Å². The number of nitrogens with zero attached hydrogens (tertiary/aromatic N) is 3. The van der Waals surface area contributed by atoms with Crippen LogP contribution in [-0.2, 0) is 27.8 Å². The molecule has 0 saturated heterocycles. The first-order valence-electron chi connectivity index (χ1n) is 8.69. The number of carbonyl (C=O) groups excluding carboxylic acids is 1. The first-order chi connectivity index (χ1) is 13.4. The Morgan fingerprint density at radius 1 is 1.36 bits per heavy atom. The molecular formula is C17H18N4O4S3. The van der Waals surface area contributed by atoms with Gasteiger partial charge >= 0.3 is 0 Å². The number of aromatic nitrogens is 2. The van der Waals surface area contributed by atoms with E-state index in [1.54, 1.807) is 6.92 Å². The summed E-state index contributed by atoms with van der Waals surface area (Å²) >= 11 is 2.54. The van der Waals surface area contributed by atoms with E-state index in [9.17, 15) is 13.2 Å². The lowest BCUT2D eigenvalue weighted by Gasteiger charge is -2.24. The fraction of sp³-hybridized carbons (Fsp3) is 0.353. The minimum atomic E-state index is -3.22. The van der Waals surface area contributed by atoms with Gasteiger partial charge in [0.25, 0.3) is 5.22 Å². The molecule has 1 aliphatic heterocycles. The monoisotopic (exact) mass is 438 g/mol. The smallest absolute Gasteiger partial charge is 0.257 e. The molecule has 0 atom stereocenters. The molecule has 1 aliphatic rings. The van der Waals surface area contributed by atoms with Crippen molar-refractivity contribution in [2.45, 2.75) is 25.1 Å². The Labute approximate surface area is 170 Å². The number of oxazole rings is 1. The van der Waals surface area contributed by atoms with Crippen molar-refractivity contribution in [2.24, 2.45) is 0 Å². The number of thioether (sulfide) groups is 1. The molecule has 1 N–H and O–H groups in total. The molecule has 0 saturated carbocycles. The second-order valence-electron chi connectivity index (χ2n) is 6.16. The highest BCUT2D eigenvalue weighted by Gasteiger charge is 2.28. The van der Waals surface area contributed by atoms with Crippen LogP contribution in [0.5, 0.6) is 0 Å². The topological polar surface area (TPSA) is 105 Å². The number of anilines is 1. The molecule has 8 nitrogen and oxygen atoms in total. The van der Waals surface area contributed by atoms with Crippen molar-refractivity contribution in [2.75, 3.05) is 23.4 Å². The van der Waals surface area contributed by atoms with Gasteiger partial charge in [-0.15, -0.1) is 11.3 Å². The predicted molar refractivity (Wildman–Crippen MR) is 109 cm³/mol. The summed E-state index contributed by atoms with van der Waals surface area (Å²) in [6.07, 6.45) is 0.554. The molecule has 0 aliphatic carbocycles. The molecule has 1 amide bonds. The fourth-order valence-electron chi connectivity index (χ4n) is 2.84. The summed E-state index contributed by atoms with van der Waals surface area (Å²) in [5.74, 6) is 0.0157. The van der Waals surface area contributed by atoms with Crippen LogP contribution in [0.3, 0.4) is 0 Å². The molecule has 2 aromatic heterocycles. The molecule has 0 unspecified atom stereocenters. The second-order valence-corrected chi connectivity index (χ2v) is 10.4. The zero-order valence-corrected chi connectivity index (χ0v) is 17.5. The Balaban J connectivity index is 1.36. The number of hydrogen-bond donors (Lipinski definition) is 1. The van der Waals surface area contributed by atoms with Gasteiger partial charge in [0.15, 0.2) is 10.7 Å². The zero-order valence-electron chi connectivity index (χ0n) is 15.0. The average molecular weight is 439 g/mol. The number of amides is 1. The van der Waals surface area contributed by atoms with E-state index in [2.05, 4.69) is 15.3 Å². The molecule has 11 heteroatoms. The summed E-state index contributed by atoms with van der Waals surface area (Å²) in [5.41, 5.74) is 2.30. The quantitative estimate of drug-likeness (QED) is 0.590. The number of nitrogens with one attached hydrogen (secondary N) is 1. The standard InChI is InChI=1S/C17H18N4O4S3/c1-2-28(23,24)21-8-7-12-14(9-21)27-16(18-12)20-15(22)10-26-17-19-11-5-3-4-6-13(11)25-17/h3-6H,2,7-10H2,1H3,(H,18,20,22). The van der Waals surface area contributed by atoms with Gasteiger partial charge in [-0.1, -0.05) is 23.9 Å². The number of para-hydroxylation sites is 2. The maximum absolute atomic E-state index is 12.2. The van der Waals surface area contributed by atoms with Crippen molar-refractivity contribution in [3.8, 4) is 0 Å². The van der Waals surface area contributed by atoms with Gasteiger partial charge in [0.2, 0.25) is 15.9 Å². The van der Waals surface area contributed by atoms with Gasteiger partial charge in [0.05, 0.1) is 17.2 Å². The highest BCUT2D eigenvalue weighted by atomic mass is 32.2. The first kappa shape index (κ1) is 19.4. The number of benzene rings is 1. The maximum Gasteiger partial charge on any atom is 0.257 e. The highest BCUT2D eigenvalue weighted by molar-refractivity contribution is 7.99. The Morgan fingerprint density at radius 2 is 2.18 bits per heavy atom. The Morgan fingerprint density at radius 3 is 2.96 bits per heavy atom. The summed E-state index contributed by atoms with van der Waals surface area (Å²) in [6, 6.07) is 7.43. The number of sulfonamides is 1. The Kier molecular flexibility index (Phi) is 5.41. The lowest BCUT2D eigenvalue weighted by Crippen LogP contribution is -2.36. The fourth-order valence-corrected chi connectivity index (χ4v) is 5.66.